The van der Waals surface area contributed by atoms with Gasteiger partial charge in [0.05, 0.1) is 22.5 Å². The molecule has 1 N–H and O–H groups in total. The number of H-pyrrole nitrogens is 1. The van der Waals surface area contributed by atoms with Gasteiger partial charge in [0.2, 0.25) is 0 Å². The normalized spacial score (nSPS) is 15.3. The molecule has 0 atom stereocenters. The van der Waals surface area contributed by atoms with Crippen LogP contribution in [0.1, 0.15) is 16.1 Å². The molecule has 0 bridgehead atoms. The van der Waals surface area contributed by atoms with Gasteiger partial charge in [-0.2, -0.15) is 5.10 Å². The molecular weight excluding hydrogens is 288 g/mol. The van der Waals surface area contributed by atoms with Gasteiger partial charge in [-0.1, -0.05) is 23.7 Å². The van der Waals surface area contributed by atoms with Crippen LogP contribution in [0.4, 0.5) is 5.69 Å². The minimum absolute atomic E-state index is 0.0417. The monoisotopic (exact) mass is 304 g/mol. The molecule has 6 heteroatoms. The average Bonchev–Trinajstić information content (AvgIpc) is 2.93. The summed E-state index contributed by atoms with van der Waals surface area (Å²) in [4.78, 5) is 16.5. The van der Waals surface area contributed by atoms with Gasteiger partial charge in [0.25, 0.3) is 5.91 Å². The zero-order chi connectivity index (χ0) is 14.8. The van der Waals surface area contributed by atoms with Crippen molar-refractivity contribution in [3.8, 4) is 0 Å². The van der Waals surface area contributed by atoms with Gasteiger partial charge in [-0.25, -0.2) is 0 Å². The third-order valence-corrected chi connectivity index (χ3v) is 4.14. The summed E-state index contributed by atoms with van der Waals surface area (Å²) in [5, 5.41) is 7.47. The lowest BCUT2D eigenvalue weighted by Crippen LogP contribution is -2.49. The number of aryl methyl sites for hydroxylation is 1. The number of aromatic nitrogens is 2. The number of anilines is 1. The SMILES string of the molecule is Cc1[nH]ncc1C(=O)N1CCN(c2ccccc2Cl)CC1. The molecule has 110 valence electrons. The number of nitrogens with one attached hydrogen (secondary N) is 1. The van der Waals surface area contributed by atoms with Gasteiger partial charge >= 0.3 is 0 Å². The van der Waals surface area contributed by atoms with Gasteiger partial charge in [-0.15, -0.1) is 0 Å². The first-order chi connectivity index (χ1) is 10.2. The van der Waals surface area contributed by atoms with Crippen molar-refractivity contribution >= 4 is 23.2 Å². The Morgan fingerprint density at radius 3 is 2.57 bits per heavy atom. The topological polar surface area (TPSA) is 52.2 Å². The van der Waals surface area contributed by atoms with E-state index in [4.69, 9.17) is 11.6 Å². The highest BCUT2D eigenvalue weighted by Gasteiger charge is 2.24. The molecule has 1 aliphatic rings. The van der Waals surface area contributed by atoms with Crippen molar-refractivity contribution < 1.29 is 4.79 Å². The summed E-state index contributed by atoms with van der Waals surface area (Å²) < 4.78 is 0. The second-order valence-corrected chi connectivity index (χ2v) is 5.55. The van der Waals surface area contributed by atoms with Gasteiger partial charge in [0.15, 0.2) is 0 Å². The van der Waals surface area contributed by atoms with E-state index >= 15 is 0 Å². The van der Waals surface area contributed by atoms with Gasteiger partial charge in [0, 0.05) is 31.9 Å². The van der Waals surface area contributed by atoms with Gasteiger partial charge in [-0.3, -0.25) is 9.89 Å². The van der Waals surface area contributed by atoms with Crippen molar-refractivity contribution in [2.75, 3.05) is 31.1 Å². The van der Waals surface area contributed by atoms with Crippen LogP contribution in [0.5, 0.6) is 0 Å². The Kier molecular flexibility index (Phi) is 3.84. The Labute approximate surface area is 128 Å². The lowest BCUT2D eigenvalue weighted by atomic mass is 10.2. The molecule has 1 aliphatic heterocycles. The van der Waals surface area contributed by atoms with E-state index in [1.54, 1.807) is 6.20 Å². The molecule has 1 fully saturated rings. The first-order valence-electron chi connectivity index (χ1n) is 6.95. The molecule has 1 saturated heterocycles. The van der Waals surface area contributed by atoms with Crippen LogP contribution in [0.3, 0.4) is 0 Å². The van der Waals surface area contributed by atoms with E-state index in [2.05, 4.69) is 15.1 Å². The number of hydrogen-bond acceptors (Lipinski definition) is 3. The lowest BCUT2D eigenvalue weighted by molar-refractivity contribution is 0.0746. The summed E-state index contributed by atoms with van der Waals surface area (Å²) in [5.41, 5.74) is 2.50. The molecule has 1 amide bonds. The molecule has 1 aromatic carbocycles. The number of carbonyl (C=O) groups is 1. The Morgan fingerprint density at radius 2 is 1.95 bits per heavy atom. The molecule has 2 heterocycles. The Bertz CT molecular complexity index is 647. The molecule has 0 radical (unpaired) electrons. The average molecular weight is 305 g/mol. The van der Waals surface area contributed by atoms with E-state index in [1.165, 1.54) is 0 Å². The Hall–Kier alpha value is -2.01. The van der Waals surface area contributed by atoms with Crippen molar-refractivity contribution in [3.05, 3.63) is 46.7 Å². The van der Waals surface area contributed by atoms with Crippen LogP contribution in [-0.2, 0) is 0 Å². The number of carbonyl (C=O) groups excluding carboxylic acids is 1. The van der Waals surface area contributed by atoms with E-state index in [-0.39, 0.29) is 5.91 Å². The summed E-state index contributed by atoms with van der Waals surface area (Å²) in [7, 11) is 0. The molecular formula is C15H17ClN4O. The second-order valence-electron chi connectivity index (χ2n) is 5.14. The van der Waals surface area contributed by atoms with Crippen LogP contribution < -0.4 is 4.90 Å². The predicted molar refractivity (Wildman–Crippen MR) is 82.9 cm³/mol. The molecule has 2 aromatic rings. The van der Waals surface area contributed by atoms with E-state index < -0.39 is 0 Å². The van der Waals surface area contributed by atoms with Crippen LogP contribution in [0.15, 0.2) is 30.5 Å². The maximum atomic E-state index is 12.4. The number of para-hydroxylation sites is 1. The van der Waals surface area contributed by atoms with Crippen molar-refractivity contribution in [1.82, 2.24) is 15.1 Å². The van der Waals surface area contributed by atoms with Crippen molar-refractivity contribution in [1.29, 1.82) is 0 Å². The molecule has 0 saturated carbocycles. The minimum atomic E-state index is 0.0417. The van der Waals surface area contributed by atoms with Crippen LogP contribution >= 0.6 is 11.6 Å². The fourth-order valence-corrected chi connectivity index (χ4v) is 2.85. The van der Waals surface area contributed by atoms with E-state index in [9.17, 15) is 4.79 Å². The quantitative estimate of drug-likeness (QED) is 0.926. The van der Waals surface area contributed by atoms with E-state index in [0.29, 0.717) is 18.7 Å². The molecule has 0 aliphatic carbocycles. The number of piperazine rings is 1. The largest absolute Gasteiger partial charge is 0.367 e. The number of rotatable bonds is 2. The number of hydrogen-bond donors (Lipinski definition) is 1. The highest BCUT2D eigenvalue weighted by Crippen LogP contribution is 2.26. The Balaban J connectivity index is 1.67. The fraction of sp³-hybridized carbons (Fsp3) is 0.333. The molecule has 3 rings (SSSR count). The van der Waals surface area contributed by atoms with Crippen LogP contribution in [0, 0.1) is 6.92 Å². The van der Waals surface area contributed by atoms with Crippen molar-refractivity contribution in [3.63, 3.8) is 0 Å². The van der Waals surface area contributed by atoms with Gasteiger partial charge < -0.3 is 9.80 Å². The number of halogens is 1. The summed E-state index contributed by atoms with van der Waals surface area (Å²) in [6.45, 7) is 4.81. The lowest BCUT2D eigenvalue weighted by Gasteiger charge is -2.36. The molecule has 1 aromatic heterocycles. The first-order valence-corrected chi connectivity index (χ1v) is 7.33. The predicted octanol–water partition coefficient (Wildman–Crippen LogP) is 2.33. The van der Waals surface area contributed by atoms with Crippen LogP contribution in [0.2, 0.25) is 5.02 Å². The Morgan fingerprint density at radius 1 is 1.24 bits per heavy atom. The molecule has 0 spiro atoms. The molecule has 21 heavy (non-hydrogen) atoms. The molecule has 5 nitrogen and oxygen atoms in total. The molecule has 0 unspecified atom stereocenters. The standard InChI is InChI=1S/C15H17ClN4O/c1-11-12(10-17-18-11)15(21)20-8-6-19(7-9-20)14-5-3-2-4-13(14)16/h2-5,10H,6-9H2,1H3,(H,17,18). The first kappa shape index (κ1) is 13.9. The summed E-state index contributed by atoms with van der Waals surface area (Å²) in [5.74, 6) is 0.0417. The van der Waals surface area contributed by atoms with Crippen LogP contribution in [0.25, 0.3) is 0 Å². The third kappa shape index (κ3) is 2.74. The number of aromatic amines is 1. The van der Waals surface area contributed by atoms with Crippen molar-refractivity contribution in [2.24, 2.45) is 0 Å². The van der Waals surface area contributed by atoms with Crippen molar-refractivity contribution in [2.45, 2.75) is 6.92 Å². The third-order valence-electron chi connectivity index (χ3n) is 3.82. The number of amides is 1. The fourth-order valence-electron chi connectivity index (χ4n) is 2.60. The number of nitrogens with zero attached hydrogens (tertiary/aromatic N) is 3. The highest BCUT2D eigenvalue weighted by atomic mass is 35.5. The maximum absolute atomic E-state index is 12.4. The highest BCUT2D eigenvalue weighted by molar-refractivity contribution is 6.33. The van der Waals surface area contributed by atoms with Crippen LogP contribution in [-0.4, -0.2) is 47.2 Å². The minimum Gasteiger partial charge on any atom is -0.367 e. The zero-order valence-electron chi connectivity index (χ0n) is 11.8. The summed E-state index contributed by atoms with van der Waals surface area (Å²) >= 11 is 6.22. The maximum Gasteiger partial charge on any atom is 0.257 e. The van der Waals surface area contributed by atoms with Gasteiger partial charge in [0.1, 0.15) is 0 Å². The smallest absolute Gasteiger partial charge is 0.257 e. The van der Waals surface area contributed by atoms with E-state index in [0.717, 1.165) is 29.5 Å². The van der Waals surface area contributed by atoms with Gasteiger partial charge in [-0.05, 0) is 19.1 Å². The summed E-state index contributed by atoms with van der Waals surface area (Å²) in [6, 6.07) is 7.81. The van der Waals surface area contributed by atoms with E-state index in [1.807, 2.05) is 36.1 Å². The zero-order valence-corrected chi connectivity index (χ0v) is 12.6. The second kappa shape index (κ2) is 5.77. The number of benzene rings is 1. The summed E-state index contributed by atoms with van der Waals surface area (Å²) in [6.07, 6.45) is 1.60.